The van der Waals surface area contributed by atoms with E-state index in [1.807, 2.05) is 39.8 Å². The highest BCUT2D eigenvalue weighted by molar-refractivity contribution is 6.04. The van der Waals surface area contributed by atoms with E-state index in [1.165, 1.54) is 0 Å². The fourth-order valence-corrected chi connectivity index (χ4v) is 3.58. The van der Waals surface area contributed by atoms with Gasteiger partial charge in [0.25, 0.3) is 0 Å². The number of carbonyl (C=O) groups is 1. The summed E-state index contributed by atoms with van der Waals surface area (Å²) < 4.78 is 6.13. The third-order valence-electron chi connectivity index (χ3n) is 5.22. The molecule has 158 valence electrons. The van der Waals surface area contributed by atoms with Crippen LogP contribution < -0.4 is 4.74 Å². The van der Waals surface area contributed by atoms with Gasteiger partial charge in [-0.05, 0) is 46.6 Å². The van der Waals surface area contributed by atoms with Crippen LogP contribution >= 0.6 is 0 Å². The van der Waals surface area contributed by atoms with Crippen LogP contribution in [0.2, 0.25) is 0 Å². The van der Waals surface area contributed by atoms with Crippen LogP contribution in [0.3, 0.4) is 0 Å². The molecule has 1 aliphatic rings. The predicted molar refractivity (Wildman–Crippen MR) is 116 cm³/mol. The lowest BCUT2D eigenvalue weighted by Gasteiger charge is -2.29. The van der Waals surface area contributed by atoms with Crippen molar-refractivity contribution in [1.82, 2.24) is 0 Å². The smallest absolute Gasteiger partial charge is 0.174 e. The van der Waals surface area contributed by atoms with Gasteiger partial charge < -0.3 is 20.1 Å². The number of aromatic hydroxyl groups is 3. The summed E-state index contributed by atoms with van der Waals surface area (Å²) in [4.78, 5) is 13.1. The molecule has 1 heterocycles. The number of benzene rings is 2. The Labute approximate surface area is 177 Å². The Morgan fingerprint density at radius 3 is 2.17 bits per heavy atom. The molecule has 3 N–H and O–H groups in total. The van der Waals surface area contributed by atoms with E-state index < -0.39 is 6.10 Å². The maximum Gasteiger partial charge on any atom is 0.174 e. The molecule has 2 aromatic rings. The van der Waals surface area contributed by atoms with Crippen molar-refractivity contribution in [3.8, 4) is 23.0 Å². The van der Waals surface area contributed by atoms with Crippen molar-refractivity contribution in [2.45, 2.75) is 53.1 Å². The molecular weight excluding hydrogens is 380 g/mol. The molecule has 0 saturated carbocycles. The van der Waals surface area contributed by atoms with Gasteiger partial charge in [-0.15, -0.1) is 0 Å². The number of ether oxygens (including phenoxy) is 1. The van der Waals surface area contributed by atoms with E-state index in [2.05, 4.69) is 0 Å². The first kappa shape index (κ1) is 21.5. The van der Waals surface area contributed by atoms with E-state index in [0.29, 0.717) is 29.5 Å². The molecule has 0 radical (unpaired) electrons. The number of allylic oxidation sites excluding steroid dienone is 4. The minimum absolute atomic E-state index is 0.00687. The first-order valence-corrected chi connectivity index (χ1v) is 10.0. The summed E-state index contributed by atoms with van der Waals surface area (Å²) in [7, 11) is 0. The van der Waals surface area contributed by atoms with E-state index in [-0.39, 0.29) is 40.8 Å². The molecule has 3 rings (SSSR count). The molecular formula is C25H28O5. The van der Waals surface area contributed by atoms with E-state index in [1.54, 1.807) is 24.3 Å². The molecule has 5 heteroatoms. The molecule has 1 atom stereocenters. The van der Waals surface area contributed by atoms with Crippen LogP contribution in [-0.4, -0.2) is 21.1 Å². The lowest BCUT2D eigenvalue weighted by molar-refractivity contribution is 0.0839. The van der Waals surface area contributed by atoms with Crippen molar-refractivity contribution in [3.63, 3.8) is 0 Å². The summed E-state index contributed by atoms with van der Waals surface area (Å²) in [6.45, 7) is 7.76. The number of fused-ring (bicyclic) bond motifs is 1. The normalized spacial score (nSPS) is 15.2. The summed E-state index contributed by atoms with van der Waals surface area (Å²) >= 11 is 0. The largest absolute Gasteiger partial charge is 0.508 e. The minimum atomic E-state index is -0.695. The Balaban J connectivity index is 2.18. The molecule has 0 spiro atoms. The highest BCUT2D eigenvalue weighted by Gasteiger charge is 2.36. The SMILES string of the molecule is CC(C)=CCc1c(O)c(CC=C(C)C)c2c(c1O)C(=O)CC(c1ccccc1O)O2. The molecule has 1 aliphatic heterocycles. The van der Waals surface area contributed by atoms with Gasteiger partial charge in [0, 0.05) is 16.7 Å². The first-order valence-electron chi connectivity index (χ1n) is 10.0. The van der Waals surface area contributed by atoms with Crippen LogP contribution in [0.4, 0.5) is 0 Å². The van der Waals surface area contributed by atoms with Gasteiger partial charge in [0.2, 0.25) is 0 Å². The van der Waals surface area contributed by atoms with Gasteiger partial charge >= 0.3 is 0 Å². The number of phenolic OH excluding ortho intramolecular Hbond substituents is 3. The summed E-state index contributed by atoms with van der Waals surface area (Å²) in [5, 5.41) is 32.1. The second-order valence-electron chi connectivity index (χ2n) is 8.12. The zero-order valence-corrected chi connectivity index (χ0v) is 17.8. The van der Waals surface area contributed by atoms with Crippen molar-refractivity contribution in [3.05, 3.63) is 69.8 Å². The minimum Gasteiger partial charge on any atom is -0.508 e. The molecule has 5 nitrogen and oxygen atoms in total. The highest BCUT2D eigenvalue weighted by atomic mass is 16.5. The monoisotopic (exact) mass is 408 g/mol. The fourth-order valence-electron chi connectivity index (χ4n) is 3.58. The summed E-state index contributed by atoms with van der Waals surface area (Å²) in [5.41, 5.74) is 3.49. The van der Waals surface area contributed by atoms with Crippen molar-refractivity contribution in [2.24, 2.45) is 0 Å². The van der Waals surface area contributed by atoms with E-state index in [0.717, 1.165) is 11.1 Å². The third-order valence-corrected chi connectivity index (χ3v) is 5.22. The first-order chi connectivity index (χ1) is 14.2. The Kier molecular flexibility index (Phi) is 6.20. The number of hydrogen-bond donors (Lipinski definition) is 3. The number of Topliss-reactive ketones (excluding diaryl/α,β-unsaturated/α-hetero) is 1. The molecule has 0 saturated heterocycles. The van der Waals surface area contributed by atoms with Gasteiger partial charge in [0.15, 0.2) is 5.78 Å². The van der Waals surface area contributed by atoms with Crippen molar-refractivity contribution >= 4 is 5.78 Å². The Hall–Kier alpha value is -3.21. The zero-order chi connectivity index (χ0) is 22.0. The topological polar surface area (TPSA) is 87.0 Å². The van der Waals surface area contributed by atoms with Crippen LogP contribution in [-0.2, 0) is 12.8 Å². The molecule has 0 aliphatic carbocycles. The summed E-state index contributed by atoms with van der Waals surface area (Å²) in [6, 6.07) is 6.71. The summed E-state index contributed by atoms with van der Waals surface area (Å²) in [6.07, 6.45) is 3.80. The van der Waals surface area contributed by atoms with Gasteiger partial charge in [-0.3, -0.25) is 4.79 Å². The Morgan fingerprint density at radius 2 is 1.57 bits per heavy atom. The second kappa shape index (κ2) is 8.66. The van der Waals surface area contributed by atoms with Crippen LogP contribution in [0, 0.1) is 0 Å². The number of hydrogen-bond acceptors (Lipinski definition) is 5. The molecule has 2 aromatic carbocycles. The predicted octanol–water partition coefficient (Wildman–Crippen LogP) is 5.53. The maximum atomic E-state index is 13.1. The fraction of sp³-hybridized carbons (Fsp3) is 0.320. The zero-order valence-electron chi connectivity index (χ0n) is 17.8. The van der Waals surface area contributed by atoms with Gasteiger partial charge in [0.05, 0.1) is 6.42 Å². The second-order valence-corrected chi connectivity index (χ2v) is 8.12. The van der Waals surface area contributed by atoms with Crippen LogP contribution in [0.25, 0.3) is 0 Å². The molecule has 0 bridgehead atoms. The Morgan fingerprint density at radius 1 is 0.967 bits per heavy atom. The number of carbonyl (C=O) groups excluding carboxylic acids is 1. The molecule has 0 aromatic heterocycles. The average molecular weight is 408 g/mol. The number of rotatable bonds is 5. The van der Waals surface area contributed by atoms with Gasteiger partial charge in [-0.25, -0.2) is 0 Å². The lowest BCUT2D eigenvalue weighted by atomic mass is 9.89. The molecule has 0 fully saturated rings. The molecule has 30 heavy (non-hydrogen) atoms. The standard InChI is InChI=1S/C25H28O5/c1-14(2)9-11-17-23(28)18(12-10-15(3)4)25-22(24(17)29)20(27)13-21(30-25)16-7-5-6-8-19(16)26/h5-10,21,26,28-29H,11-13H2,1-4H3. The number of phenols is 3. The van der Waals surface area contributed by atoms with Gasteiger partial charge in [0.1, 0.15) is 34.7 Å². The van der Waals surface area contributed by atoms with Crippen LogP contribution in [0.5, 0.6) is 23.0 Å². The van der Waals surface area contributed by atoms with E-state index >= 15 is 0 Å². The number of para-hydroxylation sites is 1. The Bertz CT molecular complexity index is 1040. The van der Waals surface area contributed by atoms with Crippen LogP contribution in [0.1, 0.15) is 67.3 Å². The maximum absolute atomic E-state index is 13.1. The average Bonchev–Trinajstić information content (AvgIpc) is 2.67. The summed E-state index contributed by atoms with van der Waals surface area (Å²) in [5.74, 6) is -0.348. The number of ketones is 1. The lowest BCUT2D eigenvalue weighted by Crippen LogP contribution is -2.22. The third kappa shape index (κ3) is 4.20. The van der Waals surface area contributed by atoms with E-state index in [4.69, 9.17) is 4.74 Å². The molecule has 0 amide bonds. The molecule has 1 unspecified atom stereocenters. The quantitative estimate of drug-likeness (QED) is 0.567. The van der Waals surface area contributed by atoms with Crippen LogP contribution in [0.15, 0.2) is 47.6 Å². The highest BCUT2D eigenvalue weighted by Crippen LogP contribution is 2.49. The van der Waals surface area contributed by atoms with Gasteiger partial charge in [-0.1, -0.05) is 41.5 Å². The van der Waals surface area contributed by atoms with Crippen molar-refractivity contribution in [2.75, 3.05) is 0 Å². The van der Waals surface area contributed by atoms with Gasteiger partial charge in [-0.2, -0.15) is 0 Å². The van der Waals surface area contributed by atoms with Crippen molar-refractivity contribution in [1.29, 1.82) is 0 Å². The van der Waals surface area contributed by atoms with Crippen molar-refractivity contribution < 1.29 is 24.9 Å². The van der Waals surface area contributed by atoms with E-state index in [9.17, 15) is 20.1 Å².